The second kappa shape index (κ2) is 33.0. The molecule has 0 spiro atoms. The van der Waals surface area contributed by atoms with E-state index < -0.39 is 0 Å². The predicted molar refractivity (Wildman–Crippen MR) is 308 cm³/mol. The Morgan fingerprint density at radius 2 is 0.620 bits per heavy atom. The molecule has 1 heterocycles. The minimum absolute atomic E-state index is 0.0255. The molecule has 0 bridgehead atoms. The summed E-state index contributed by atoms with van der Waals surface area (Å²) in [5, 5.41) is 0. The maximum absolute atomic E-state index is 10.4. The standard InChI is InChI=1S/4C12H14.C7H11N.C6H10O2.C4H8O.C2H6/c4*1-9-7-11-5-3-4-6-12(11)8-10(9)2;1-3-7-4-6(2)8-5-7;1-3-6(8)4-5(2)7;1-3-4(2)5;1-2/h4*3-6H,7-8H2,1-2H3;4H,3,5H2,1-2H3;3-4H2,1-2H3;3H2,1-2H3;1-2H3. The van der Waals surface area contributed by atoms with Gasteiger partial charge in [-0.05, 0) is 190 Å². The predicted octanol–water partition coefficient (Wildman–Crippen LogP) is 17.2. The van der Waals surface area contributed by atoms with Crippen LogP contribution < -0.4 is 0 Å². The van der Waals surface area contributed by atoms with Crippen LogP contribution in [0.5, 0.6) is 0 Å². The van der Waals surface area contributed by atoms with Crippen LogP contribution in [0.2, 0.25) is 0 Å². The third-order valence-electron chi connectivity index (χ3n) is 13.8. The quantitative estimate of drug-likeness (QED) is 0.148. The molecule has 5 aliphatic rings. The Kier molecular flexibility index (Phi) is 28.5. The van der Waals surface area contributed by atoms with Crippen LogP contribution in [0.25, 0.3) is 0 Å². The normalized spacial score (nSPS) is 14.6. The first kappa shape index (κ1) is 61.4. The Bertz CT molecular complexity index is 2160. The molecule has 1 aliphatic heterocycles. The Labute approximate surface area is 432 Å². The fourth-order valence-corrected chi connectivity index (χ4v) is 8.33. The van der Waals surface area contributed by atoms with E-state index in [9.17, 15) is 14.4 Å². The number of carbonyl (C=O) groups is 3. The van der Waals surface area contributed by atoms with Crippen molar-refractivity contribution in [2.75, 3.05) is 6.54 Å². The summed E-state index contributed by atoms with van der Waals surface area (Å²) in [6, 6.07) is 35.0. The van der Waals surface area contributed by atoms with Crippen molar-refractivity contribution >= 4 is 23.1 Å². The third kappa shape index (κ3) is 22.5. The van der Waals surface area contributed by atoms with Gasteiger partial charge in [-0.2, -0.15) is 0 Å². The van der Waals surface area contributed by atoms with Gasteiger partial charge in [0.25, 0.3) is 0 Å². The first-order chi connectivity index (χ1) is 33.8. The summed E-state index contributed by atoms with van der Waals surface area (Å²) in [5.41, 5.74) is 27.2. The fraction of sp³-hybridized carbons (Fsp3) is 0.433. The highest BCUT2D eigenvalue weighted by atomic mass is 16.1. The molecular formula is C67H91NO3. The summed E-state index contributed by atoms with van der Waals surface area (Å²) in [6.07, 6.45) is 13.8. The minimum atomic E-state index is -0.0446. The van der Waals surface area contributed by atoms with Gasteiger partial charge in [-0.3, -0.25) is 14.6 Å². The highest BCUT2D eigenvalue weighted by Crippen LogP contribution is 2.28. The van der Waals surface area contributed by atoms with E-state index in [2.05, 4.69) is 170 Å². The Morgan fingerprint density at radius 3 is 0.732 bits per heavy atom. The lowest BCUT2D eigenvalue weighted by molar-refractivity contribution is -0.125. The highest BCUT2D eigenvalue weighted by Gasteiger charge is 2.14. The molecule has 0 radical (unpaired) electrons. The molecular weight excluding hydrogens is 867 g/mol. The van der Waals surface area contributed by atoms with Crippen LogP contribution in [-0.2, 0) is 65.8 Å². The van der Waals surface area contributed by atoms with Gasteiger partial charge in [0.05, 0.1) is 13.0 Å². The Balaban J connectivity index is 0.000000287. The van der Waals surface area contributed by atoms with Crippen LogP contribution in [0.4, 0.5) is 0 Å². The summed E-state index contributed by atoms with van der Waals surface area (Å²) < 4.78 is 0. The first-order valence-corrected chi connectivity index (χ1v) is 26.4. The second-order valence-electron chi connectivity index (χ2n) is 19.7. The van der Waals surface area contributed by atoms with E-state index in [1.165, 1.54) is 62.7 Å². The molecule has 71 heavy (non-hydrogen) atoms. The van der Waals surface area contributed by atoms with Gasteiger partial charge in [-0.1, -0.05) is 176 Å². The largest absolute Gasteiger partial charge is 0.300 e. The van der Waals surface area contributed by atoms with E-state index in [-0.39, 0.29) is 23.8 Å². The molecule has 0 saturated carbocycles. The van der Waals surface area contributed by atoms with Crippen LogP contribution in [0, 0.1) is 0 Å². The van der Waals surface area contributed by atoms with Crippen molar-refractivity contribution in [3.05, 3.63) is 198 Å². The minimum Gasteiger partial charge on any atom is -0.300 e. The summed E-state index contributed by atoms with van der Waals surface area (Å²) >= 11 is 0. The van der Waals surface area contributed by atoms with Gasteiger partial charge in [0.2, 0.25) is 0 Å². The van der Waals surface area contributed by atoms with Crippen molar-refractivity contribution in [3.63, 3.8) is 0 Å². The number of nitrogens with zero attached hydrogens (tertiary/aromatic N) is 1. The molecule has 4 heteroatoms. The van der Waals surface area contributed by atoms with Gasteiger partial charge in [-0.15, -0.1) is 0 Å². The van der Waals surface area contributed by atoms with Gasteiger partial charge in [0, 0.05) is 18.6 Å². The van der Waals surface area contributed by atoms with E-state index in [1.54, 1.807) is 58.4 Å². The van der Waals surface area contributed by atoms with Crippen LogP contribution in [0.15, 0.2) is 158 Å². The molecule has 0 fully saturated rings. The second-order valence-corrected chi connectivity index (χ2v) is 19.7. The molecule has 0 unspecified atom stereocenters. The molecule has 0 saturated heterocycles. The maximum Gasteiger partial charge on any atom is 0.139 e. The molecule has 4 aromatic rings. The van der Waals surface area contributed by atoms with Gasteiger partial charge < -0.3 is 4.79 Å². The van der Waals surface area contributed by atoms with Crippen LogP contribution in [0.3, 0.4) is 0 Å². The number of benzene rings is 4. The maximum atomic E-state index is 10.4. The molecule has 4 aliphatic carbocycles. The van der Waals surface area contributed by atoms with Crippen molar-refractivity contribution in [1.82, 2.24) is 0 Å². The highest BCUT2D eigenvalue weighted by molar-refractivity contribution is 5.97. The lowest BCUT2D eigenvalue weighted by Crippen LogP contribution is -2.04. The molecule has 0 aromatic heterocycles. The molecule has 0 N–H and O–H groups in total. The molecule has 9 rings (SSSR count). The number of ketones is 3. The summed E-state index contributed by atoms with van der Waals surface area (Å²) in [4.78, 5) is 34.6. The van der Waals surface area contributed by atoms with Crippen molar-refractivity contribution in [1.29, 1.82) is 0 Å². The number of allylic oxidation sites excluding steroid dienone is 9. The van der Waals surface area contributed by atoms with Crippen molar-refractivity contribution in [2.45, 2.75) is 188 Å². The van der Waals surface area contributed by atoms with Crippen molar-refractivity contribution < 1.29 is 14.4 Å². The van der Waals surface area contributed by atoms with Gasteiger partial charge in [0.15, 0.2) is 0 Å². The zero-order valence-electron chi connectivity index (χ0n) is 47.2. The molecule has 0 amide bonds. The zero-order valence-corrected chi connectivity index (χ0v) is 47.2. The number of aliphatic imine (C=N–C) groups is 1. The van der Waals surface area contributed by atoms with E-state index >= 15 is 0 Å². The Morgan fingerprint density at radius 1 is 0.394 bits per heavy atom. The third-order valence-corrected chi connectivity index (χ3v) is 13.8. The number of hydrogen-bond acceptors (Lipinski definition) is 4. The number of Topliss-reactive ketones (excluding diaryl/α,β-unsaturated/α-hetero) is 3. The first-order valence-electron chi connectivity index (χ1n) is 26.4. The average molecular weight is 958 g/mol. The summed E-state index contributed by atoms with van der Waals surface area (Å²) in [5.74, 6) is 0.236. The van der Waals surface area contributed by atoms with E-state index in [0.29, 0.717) is 12.8 Å². The lowest BCUT2D eigenvalue weighted by atomic mass is 9.88. The van der Waals surface area contributed by atoms with Crippen LogP contribution in [0.1, 0.15) is 181 Å². The summed E-state index contributed by atoms with van der Waals surface area (Å²) in [6.45, 7) is 33.7. The van der Waals surface area contributed by atoms with E-state index in [1.807, 2.05) is 27.7 Å². The SMILES string of the molecule is CC.CC1=C(C)Cc2ccccc2C1.CC1=C(C)Cc2ccccc2C1.CC1=C(C)Cc2ccccc2C1.CC1=C(C)Cc2ccccc2C1.CCC(=O)CC(C)=O.CCC(C)=O.CCC1=CC(C)=NC1. The van der Waals surface area contributed by atoms with Crippen molar-refractivity contribution in [3.8, 4) is 0 Å². The van der Waals surface area contributed by atoms with Crippen LogP contribution in [-0.4, -0.2) is 29.6 Å². The van der Waals surface area contributed by atoms with E-state index in [0.717, 1.165) is 64.3 Å². The fourth-order valence-electron chi connectivity index (χ4n) is 8.33. The zero-order chi connectivity index (χ0) is 53.0. The number of fused-ring (bicyclic) bond motifs is 4. The Hall–Kier alpha value is -5.74. The van der Waals surface area contributed by atoms with Gasteiger partial charge >= 0.3 is 0 Å². The van der Waals surface area contributed by atoms with Gasteiger partial charge in [0.1, 0.15) is 17.3 Å². The molecule has 0 atom stereocenters. The van der Waals surface area contributed by atoms with Gasteiger partial charge in [-0.25, -0.2) is 0 Å². The topological polar surface area (TPSA) is 63.6 Å². The average Bonchev–Trinajstić information content (AvgIpc) is 3.79. The monoisotopic (exact) mass is 958 g/mol. The number of carbonyl (C=O) groups excluding carboxylic acids is 3. The molecule has 4 nitrogen and oxygen atoms in total. The van der Waals surface area contributed by atoms with E-state index in [4.69, 9.17) is 0 Å². The number of hydrogen-bond donors (Lipinski definition) is 0. The molecule has 4 aromatic carbocycles. The number of rotatable bonds is 5. The molecule has 382 valence electrons. The lowest BCUT2D eigenvalue weighted by Gasteiger charge is -2.18. The smallest absolute Gasteiger partial charge is 0.139 e. The van der Waals surface area contributed by atoms with Crippen LogP contribution >= 0.6 is 0 Å². The van der Waals surface area contributed by atoms with Crippen molar-refractivity contribution in [2.24, 2.45) is 4.99 Å². The summed E-state index contributed by atoms with van der Waals surface area (Å²) in [7, 11) is 0.